The van der Waals surface area contributed by atoms with Crippen LogP contribution >= 0.6 is 0 Å². The number of carbonyl (C=O) groups is 1. The summed E-state index contributed by atoms with van der Waals surface area (Å²) in [6, 6.07) is -0.978. The zero-order chi connectivity index (χ0) is 39.9. The Balaban J connectivity index is 1.61. The number of ether oxygens (including phenoxy) is 6. The van der Waals surface area contributed by atoms with Crippen molar-refractivity contribution in [2.45, 2.75) is 163 Å². The fraction of sp³-hybridized carbons (Fsp3) is 0.857. The van der Waals surface area contributed by atoms with Crippen LogP contribution in [-0.4, -0.2) is 193 Å². The van der Waals surface area contributed by atoms with Gasteiger partial charge >= 0.3 is 0 Å². The second kappa shape index (κ2) is 23.5. The fourth-order valence-corrected chi connectivity index (χ4v) is 6.22. The van der Waals surface area contributed by atoms with Gasteiger partial charge < -0.3 is 89.9 Å². The maximum Gasteiger partial charge on any atom is 0.220 e. The molecule has 0 aromatic rings. The van der Waals surface area contributed by atoms with Crippen LogP contribution in [0.15, 0.2) is 24.3 Å². The molecule has 0 aliphatic carbocycles. The van der Waals surface area contributed by atoms with Gasteiger partial charge in [0.15, 0.2) is 18.9 Å². The average molecular weight is 784 g/mol. The first-order valence-corrected chi connectivity index (χ1v) is 18.6. The summed E-state index contributed by atoms with van der Waals surface area (Å²) in [6.07, 6.45) is -13.3. The van der Waals surface area contributed by atoms with Gasteiger partial charge in [0.1, 0.15) is 73.2 Å². The van der Waals surface area contributed by atoms with Crippen molar-refractivity contribution in [1.29, 1.82) is 0 Å². The number of carbonyl (C=O) groups excluding carboxylic acids is 1. The molecule has 3 rings (SSSR count). The number of rotatable bonds is 21. The van der Waals surface area contributed by atoms with Gasteiger partial charge in [-0.15, -0.1) is 0 Å². The van der Waals surface area contributed by atoms with E-state index in [1.165, 1.54) is 12.5 Å². The van der Waals surface area contributed by atoms with E-state index in [-0.39, 0.29) is 18.9 Å². The molecule has 12 N–H and O–H groups in total. The second-order valence-corrected chi connectivity index (χ2v) is 13.6. The van der Waals surface area contributed by atoms with Crippen molar-refractivity contribution in [3.63, 3.8) is 0 Å². The standard InChI is InChI=1S/C35H61NO18/c1-3-5-6-7-8-9-10-11-12-13-19(40)18(36-23(41)4-2)17-49-33-29(47)26(44)31(21(15-38)51-33)54-35-30(48)27(45)32(22(16-39)52-35)53-34-28(46)25(43)24(42)20(14-37)50-34/h8-9,12-13,18-22,24-35,37-40,42-48H,3-7,10-11,14-17H2,1-2H3,(H,36,41)/b9-8+,13-12+. The zero-order valence-electron chi connectivity index (χ0n) is 30.7. The molecule has 0 aromatic carbocycles. The van der Waals surface area contributed by atoms with E-state index in [2.05, 4.69) is 24.4 Å². The zero-order valence-corrected chi connectivity index (χ0v) is 30.7. The lowest BCUT2D eigenvalue weighted by molar-refractivity contribution is -0.379. The topological polar surface area (TPSA) is 307 Å². The van der Waals surface area contributed by atoms with E-state index in [9.17, 15) is 61.0 Å². The summed E-state index contributed by atoms with van der Waals surface area (Å²) in [4.78, 5) is 12.2. The van der Waals surface area contributed by atoms with Crippen molar-refractivity contribution in [2.24, 2.45) is 0 Å². The van der Waals surface area contributed by atoms with Crippen molar-refractivity contribution in [2.75, 3.05) is 26.4 Å². The third-order valence-corrected chi connectivity index (χ3v) is 9.57. The Morgan fingerprint density at radius 2 is 1.15 bits per heavy atom. The monoisotopic (exact) mass is 783 g/mol. The minimum atomic E-state index is -1.97. The maximum atomic E-state index is 12.2. The van der Waals surface area contributed by atoms with Gasteiger partial charge in [0.25, 0.3) is 0 Å². The molecule has 19 nitrogen and oxygen atoms in total. The van der Waals surface area contributed by atoms with Gasteiger partial charge in [-0.2, -0.15) is 0 Å². The van der Waals surface area contributed by atoms with Crippen LogP contribution in [0.25, 0.3) is 0 Å². The molecule has 1 amide bonds. The highest BCUT2D eigenvalue weighted by Gasteiger charge is 2.53. The Morgan fingerprint density at radius 3 is 1.70 bits per heavy atom. The molecule has 3 fully saturated rings. The summed E-state index contributed by atoms with van der Waals surface area (Å²) in [5, 5.41) is 117. The number of amides is 1. The second-order valence-electron chi connectivity index (χ2n) is 13.6. The third kappa shape index (κ3) is 12.6. The van der Waals surface area contributed by atoms with E-state index in [1.54, 1.807) is 13.0 Å². The molecule has 0 spiro atoms. The quantitative estimate of drug-likeness (QED) is 0.0392. The number of nitrogens with one attached hydrogen (secondary N) is 1. The SMILES string of the molecule is CCCCC/C=C/CC/C=C/C(O)C(COC1OC(CO)C(OC2OC(CO)C(OC3OC(CO)C(O)C(O)C3O)C(O)C2O)C(O)C1O)NC(=O)CC. The minimum Gasteiger partial charge on any atom is -0.394 e. The highest BCUT2D eigenvalue weighted by atomic mass is 16.8. The first kappa shape index (κ1) is 46.7. The molecule has 0 aromatic heterocycles. The molecule has 19 heteroatoms. The number of aliphatic hydroxyl groups excluding tert-OH is 11. The molecule has 314 valence electrons. The van der Waals surface area contributed by atoms with Crippen LogP contribution in [0.3, 0.4) is 0 Å². The van der Waals surface area contributed by atoms with Gasteiger partial charge in [-0.1, -0.05) is 51.0 Å². The van der Waals surface area contributed by atoms with Gasteiger partial charge in [-0.25, -0.2) is 0 Å². The van der Waals surface area contributed by atoms with Gasteiger partial charge in [0.2, 0.25) is 5.91 Å². The third-order valence-electron chi connectivity index (χ3n) is 9.57. The molecule has 17 atom stereocenters. The molecule has 3 saturated heterocycles. The molecule has 0 radical (unpaired) electrons. The molecule has 3 aliphatic heterocycles. The average Bonchev–Trinajstić information content (AvgIpc) is 3.17. The first-order chi connectivity index (χ1) is 25.8. The van der Waals surface area contributed by atoms with E-state index in [4.69, 9.17) is 28.4 Å². The van der Waals surface area contributed by atoms with Crippen LogP contribution in [0.2, 0.25) is 0 Å². The Bertz CT molecular complexity index is 1130. The summed E-state index contributed by atoms with van der Waals surface area (Å²) in [5.41, 5.74) is 0. The first-order valence-electron chi connectivity index (χ1n) is 18.6. The van der Waals surface area contributed by atoms with Gasteiger partial charge in [0, 0.05) is 6.42 Å². The highest BCUT2D eigenvalue weighted by molar-refractivity contribution is 5.75. The van der Waals surface area contributed by atoms with E-state index < -0.39 is 124 Å². The fourth-order valence-electron chi connectivity index (χ4n) is 6.22. The van der Waals surface area contributed by atoms with Crippen LogP contribution in [-0.2, 0) is 33.2 Å². The molecular weight excluding hydrogens is 722 g/mol. The Morgan fingerprint density at radius 1 is 0.648 bits per heavy atom. The van der Waals surface area contributed by atoms with E-state index in [0.717, 1.165) is 25.7 Å². The largest absolute Gasteiger partial charge is 0.394 e. The van der Waals surface area contributed by atoms with Crippen molar-refractivity contribution < 1.29 is 89.4 Å². The van der Waals surface area contributed by atoms with Crippen molar-refractivity contribution in [3.8, 4) is 0 Å². The molecule has 0 saturated carbocycles. The van der Waals surface area contributed by atoms with Gasteiger partial charge in [0.05, 0.1) is 38.6 Å². The van der Waals surface area contributed by atoms with E-state index >= 15 is 0 Å². The molecule has 3 heterocycles. The maximum absolute atomic E-state index is 12.2. The Hall–Kier alpha value is -1.73. The summed E-state index contributed by atoms with van der Waals surface area (Å²) in [5.74, 6) is -0.381. The Labute approximate surface area is 314 Å². The number of allylic oxidation sites excluding steroid dienone is 3. The van der Waals surface area contributed by atoms with Crippen molar-refractivity contribution in [1.82, 2.24) is 5.32 Å². The van der Waals surface area contributed by atoms with Crippen LogP contribution < -0.4 is 5.32 Å². The van der Waals surface area contributed by atoms with Crippen LogP contribution in [0.1, 0.15) is 58.8 Å². The lowest BCUT2D eigenvalue weighted by Crippen LogP contribution is -2.66. The molecule has 54 heavy (non-hydrogen) atoms. The molecular formula is C35H61NO18. The normalized spacial score (nSPS) is 38.9. The predicted octanol–water partition coefficient (Wildman–Crippen LogP) is -3.82. The lowest BCUT2D eigenvalue weighted by atomic mass is 9.96. The summed E-state index contributed by atoms with van der Waals surface area (Å²) < 4.78 is 33.5. The van der Waals surface area contributed by atoms with Crippen molar-refractivity contribution in [3.05, 3.63) is 24.3 Å². The number of hydrogen-bond donors (Lipinski definition) is 12. The minimum absolute atomic E-state index is 0.115. The lowest BCUT2D eigenvalue weighted by Gasteiger charge is -2.48. The van der Waals surface area contributed by atoms with Crippen LogP contribution in [0, 0.1) is 0 Å². The van der Waals surface area contributed by atoms with E-state index in [1.807, 2.05) is 0 Å². The van der Waals surface area contributed by atoms with Crippen LogP contribution in [0.4, 0.5) is 0 Å². The smallest absolute Gasteiger partial charge is 0.220 e. The van der Waals surface area contributed by atoms with Gasteiger partial charge in [-0.3, -0.25) is 4.79 Å². The van der Waals surface area contributed by atoms with Crippen molar-refractivity contribution >= 4 is 5.91 Å². The molecule has 17 unspecified atom stereocenters. The van der Waals surface area contributed by atoms with E-state index in [0.29, 0.717) is 6.42 Å². The van der Waals surface area contributed by atoms with Crippen LogP contribution in [0.5, 0.6) is 0 Å². The number of aliphatic hydroxyl groups is 11. The Kier molecular flexibility index (Phi) is 20.3. The highest BCUT2D eigenvalue weighted by Crippen LogP contribution is 2.32. The predicted molar refractivity (Wildman–Crippen MR) is 185 cm³/mol. The number of hydrogen-bond acceptors (Lipinski definition) is 18. The van der Waals surface area contributed by atoms with Gasteiger partial charge in [-0.05, 0) is 25.7 Å². The number of unbranched alkanes of at least 4 members (excludes halogenated alkanes) is 4. The summed E-state index contributed by atoms with van der Waals surface area (Å²) >= 11 is 0. The summed E-state index contributed by atoms with van der Waals surface area (Å²) in [6.45, 7) is 0.964. The molecule has 0 bridgehead atoms. The molecule has 3 aliphatic rings. The summed E-state index contributed by atoms with van der Waals surface area (Å²) in [7, 11) is 0.